The molecule has 2 saturated carbocycles. The molecule has 256 valence electrons. The van der Waals surface area contributed by atoms with Crippen LogP contribution in [-0.4, -0.2) is 70.5 Å². The first-order chi connectivity index (χ1) is 22.5. The van der Waals surface area contributed by atoms with E-state index in [1.807, 2.05) is 48.8 Å². The molecule has 2 aliphatic heterocycles. The highest BCUT2D eigenvalue weighted by atomic mass is 32.2. The molecule has 0 radical (unpaired) electrons. The van der Waals surface area contributed by atoms with E-state index in [2.05, 4.69) is 10.8 Å². The van der Waals surface area contributed by atoms with E-state index in [1.165, 1.54) is 0 Å². The number of hydrogen-bond donors (Lipinski definition) is 1. The van der Waals surface area contributed by atoms with Gasteiger partial charge in [0.25, 0.3) is 6.01 Å². The highest BCUT2D eigenvalue weighted by molar-refractivity contribution is 7.91. The second-order valence-corrected chi connectivity index (χ2v) is 16.5. The minimum Gasteiger partial charge on any atom is -0.459 e. The summed E-state index contributed by atoms with van der Waals surface area (Å²) in [5, 5.41) is 0. The van der Waals surface area contributed by atoms with E-state index in [-0.39, 0.29) is 49.6 Å². The van der Waals surface area contributed by atoms with Crippen LogP contribution >= 0.6 is 0 Å². The smallest absolute Gasteiger partial charge is 0.299 e. The Balaban J connectivity index is 1.27. The monoisotopic (exact) mass is 668 g/mol. The lowest BCUT2D eigenvalue weighted by atomic mass is 9.91. The van der Waals surface area contributed by atoms with Gasteiger partial charge in [0.15, 0.2) is 5.78 Å². The van der Waals surface area contributed by atoms with Crippen molar-refractivity contribution in [2.24, 2.45) is 17.3 Å². The molecule has 4 aliphatic rings. The SMILES string of the molecule is CCCOCn1c(O[C@@H]2C[C@H]3C(=O)C[C@]4(C(=O)NS(=O)(=O)C5(C)CC5)C[C@@H]4/C=C\CCCCC[C@H](C)C(=O)N3C2)nc2ccccc21. The molecule has 0 bridgehead atoms. The van der Waals surface area contributed by atoms with Crippen LogP contribution in [0, 0.1) is 17.3 Å². The zero-order valence-electron chi connectivity index (χ0n) is 27.8. The molecule has 47 heavy (non-hydrogen) atoms. The summed E-state index contributed by atoms with van der Waals surface area (Å²) in [5.74, 6) is -1.47. The minimum absolute atomic E-state index is 0.0997. The Morgan fingerprint density at radius 1 is 1.15 bits per heavy atom. The van der Waals surface area contributed by atoms with Crippen LogP contribution in [0.2, 0.25) is 0 Å². The summed E-state index contributed by atoms with van der Waals surface area (Å²) >= 11 is 0. The number of nitrogens with one attached hydrogen (secondary N) is 1. The van der Waals surface area contributed by atoms with Gasteiger partial charge in [-0.2, -0.15) is 4.98 Å². The largest absolute Gasteiger partial charge is 0.459 e. The van der Waals surface area contributed by atoms with E-state index in [0.29, 0.717) is 31.9 Å². The van der Waals surface area contributed by atoms with Crippen LogP contribution in [0.15, 0.2) is 36.4 Å². The van der Waals surface area contributed by atoms with Gasteiger partial charge in [-0.25, -0.2) is 8.42 Å². The lowest BCUT2D eigenvalue weighted by Crippen LogP contribution is -2.46. The second kappa shape index (κ2) is 13.3. The van der Waals surface area contributed by atoms with Gasteiger partial charge >= 0.3 is 0 Å². The van der Waals surface area contributed by atoms with Crippen LogP contribution in [0.25, 0.3) is 11.0 Å². The first kappa shape index (κ1) is 33.6. The number of imidazole rings is 1. The summed E-state index contributed by atoms with van der Waals surface area (Å²) in [6.07, 6.45) is 10.3. The van der Waals surface area contributed by atoms with Gasteiger partial charge in [-0.05, 0) is 69.9 Å². The fourth-order valence-corrected chi connectivity index (χ4v) is 8.39. The standard InChI is InChI=1S/C35H48N4O7S/c1-4-18-45-23-39-28-15-11-10-14-27(28)36-33(39)46-26-19-29-30(40)21-35(32(42)37-47(43,44)34(3)16-17-34)20-25(35)13-9-7-5-6-8-12-24(2)31(41)38(29)22-26/h9-11,13-15,24-26,29H,4-8,12,16-23H2,1-3H3,(H,37,42)/b13-9-/t24-,25-,26+,29-,35+/m0/s1. The van der Waals surface area contributed by atoms with Crippen LogP contribution in [-0.2, 0) is 35.9 Å². The number of aromatic nitrogens is 2. The zero-order valence-corrected chi connectivity index (χ0v) is 28.6. The molecule has 3 fully saturated rings. The molecule has 0 unspecified atom stereocenters. The van der Waals surface area contributed by atoms with Gasteiger partial charge in [-0.1, -0.05) is 51.0 Å². The normalized spacial score (nSPS) is 30.1. The molecule has 12 heteroatoms. The van der Waals surface area contributed by atoms with Crippen molar-refractivity contribution < 1.29 is 32.3 Å². The maximum absolute atomic E-state index is 14.2. The van der Waals surface area contributed by atoms with Crippen molar-refractivity contribution in [1.29, 1.82) is 0 Å². The lowest BCUT2D eigenvalue weighted by Gasteiger charge is -2.28. The third-order valence-corrected chi connectivity index (χ3v) is 12.7. The maximum atomic E-state index is 14.2. The van der Waals surface area contributed by atoms with Crippen molar-refractivity contribution in [2.45, 2.75) is 115 Å². The predicted molar refractivity (Wildman–Crippen MR) is 177 cm³/mol. The molecule has 0 spiro atoms. The number of carbonyl (C=O) groups excluding carboxylic acids is 3. The van der Waals surface area contributed by atoms with E-state index in [1.54, 1.807) is 11.8 Å². The van der Waals surface area contributed by atoms with Gasteiger partial charge in [-0.15, -0.1) is 0 Å². The van der Waals surface area contributed by atoms with E-state index in [4.69, 9.17) is 14.5 Å². The van der Waals surface area contributed by atoms with Gasteiger partial charge < -0.3 is 14.4 Å². The van der Waals surface area contributed by atoms with Gasteiger partial charge in [0.05, 0.1) is 33.8 Å². The molecule has 5 atom stereocenters. The molecule has 1 saturated heterocycles. The number of para-hydroxylation sites is 2. The topological polar surface area (TPSA) is 137 Å². The molecule has 2 aliphatic carbocycles. The quantitative estimate of drug-likeness (QED) is 0.295. The van der Waals surface area contributed by atoms with E-state index in [9.17, 15) is 22.8 Å². The molecule has 3 heterocycles. The molecular formula is C35H48N4O7S. The Morgan fingerprint density at radius 3 is 2.70 bits per heavy atom. The predicted octanol–water partition coefficient (Wildman–Crippen LogP) is 4.89. The van der Waals surface area contributed by atoms with Crippen LogP contribution in [0.5, 0.6) is 6.01 Å². The van der Waals surface area contributed by atoms with Crippen LogP contribution in [0.3, 0.4) is 0 Å². The third kappa shape index (κ3) is 6.86. The van der Waals surface area contributed by atoms with Gasteiger partial charge in [0.2, 0.25) is 21.8 Å². The Kier molecular flexibility index (Phi) is 9.55. The number of rotatable bonds is 9. The van der Waals surface area contributed by atoms with Crippen LogP contribution in [0.1, 0.15) is 91.4 Å². The number of carbonyl (C=O) groups is 3. The van der Waals surface area contributed by atoms with Crippen molar-refractivity contribution in [1.82, 2.24) is 19.2 Å². The fraction of sp³-hybridized carbons (Fsp3) is 0.657. The van der Waals surface area contributed by atoms with Crippen molar-refractivity contribution in [3.05, 3.63) is 36.4 Å². The summed E-state index contributed by atoms with van der Waals surface area (Å²) in [4.78, 5) is 48.2. The van der Waals surface area contributed by atoms with Gasteiger partial charge in [0.1, 0.15) is 12.8 Å². The number of ether oxygens (including phenoxy) is 2. The van der Waals surface area contributed by atoms with Crippen molar-refractivity contribution in [3.63, 3.8) is 0 Å². The average molecular weight is 669 g/mol. The first-order valence-electron chi connectivity index (χ1n) is 17.2. The molecule has 2 amide bonds. The van der Waals surface area contributed by atoms with Crippen LogP contribution in [0.4, 0.5) is 0 Å². The summed E-state index contributed by atoms with van der Waals surface area (Å²) in [7, 11) is -3.87. The maximum Gasteiger partial charge on any atom is 0.299 e. The number of fused-ring (bicyclic) bond motifs is 3. The van der Waals surface area contributed by atoms with E-state index < -0.39 is 38.2 Å². The molecular weight excluding hydrogens is 620 g/mol. The van der Waals surface area contributed by atoms with Crippen molar-refractivity contribution >= 4 is 38.7 Å². The zero-order chi connectivity index (χ0) is 33.4. The molecule has 1 aromatic carbocycles. The number of nitrogens with zero attached hydrogens (tertiary/aromatic N) is 3. The summed E-state index contributed by atoms with van der Waals surface area (Å²) in [5.41, 5.74) is 0.464. The Hall–Kier alpha value is -3.25. The van der Waals surface area contributed by atoms with Crippen LogP contribution < -0.4 is 9.46 Å². The molecule has 1 N–H and O–H groups in total. The fourth-order valence-electron chi connectivity index (χ4n) is 7.06. The Morgan fingerprint density at radius 2 is 1.94 bits per heavy atom. The number of benzene rings is 1. The minimum atomic E-state index is -3.87. The average Bonchev–Trinajstić information content (AvgIpc) is 3.87. The first-order valence-corrected chi connectivity index (χ1v) is 18.7. The highest BCUT2D eigenvalue weighted by Crippen LogP contribution is 2.57. The van der Waals surface area contributed by atoms with Gasteiger partial charge in [0, 0.05) is 25.4 Å². The molecule has 1 aromatic heterocycles. The Bertz CT molecular complexity index is 1650. The second-order valence-electron chi connectivity index (χ2n) is 14.3. The number of Topliss-reactive ketones (excluding diaryl/α,β-unsaturated/α-hetero) is 1. The highest BCUT2D eigenvalue weighted by Gasteiger charge is 2.62. The summed E-state index contributed by atoms with van der Waals surface area (Å²) in [6, 6.07) is 7.27. The van der Waals surface area contributed by atoms with E-state index >= 15 is 0 Å². The molecule has 2 aromatic rings. The summed E-state index contributed by atoms with van der Waals surface area (Å²) in [6.45, 7) is 6.65. The van der Waals surface area contributed by atoms with Crippen molar-refractivity contribution in [2.75, 3.05) is 13.2 Å². The number of sulfonamides is 1. The van der Waals surface area contributed by atoms with Gasteiger partial charge in [-0.3, -0.25) is 23.7 Å². The number of allylic oxidation sites excluding steroid dienone is 2. The third-order valence-electron chi connectivity index (χ3n) is 10.6. The molecule has 11 nitrogen and oxygen atoms in total. The van der Waals surface area contributed by atoms with Crippen molar-refractivity contribution in [3.8, 4) is 6.01 Å². The number of ketones is 1. The Labute approximate surface area is 277 Å². The summed E-state index contributed by atoms with van der Waals surface area (Å²) < 4.78 is 41.7. The number of amides is 2. The lowest BCUT2D eigenvalue weighted by molar-refractivity contribution is -0.141. The number of hydrogen-bond acceptors (Lipinski definition) is 8. The molecule has 6 rings (SSSR count). The van der Waals surface area contributed by atoms with E-state index in [0.717, 1.165) is 49.6 Å².